The van der Waals surface area contributed by atoms with E-state index in [0.717, 1.165) is 19.4 Å². The van der Waals surface area contributed by atoms with Crippen molar-refractivity contribution >= 4 is 11.6 Å². The molecule has 112 valence electrons. The molecule has 7 heteroatoms. The molecule has 1 aromatic carbocycles. The lowest BCUT2D eigenvalue weighted by Crippen LogP contribution is -2.29. The third kappa shape index (κ3) is 5.21. The quantitative estimate of drug-likeness (QED) is 0.724. The number of benzene rings is 1. The molecule has 0 saturated heterocycles. The summed E-state index contributed by atoms with van der Waals surface area (Å²) < 4.78 is 1.40. The van der Waals surface area contributed by atoms with Gasteiger partial charge in [-0.25, -0.2) is 4.68 Å². The van der Waals surface area contributed by atoms with E-state index < -0.39 is 0 Å². The number of hydrogen-bond donors (Lipinski definition) is 1. The zero-order valence-corrected chi connectivity index (χ0v) is 12.1. The summed E-state index contributed by atoms with van der Waals surface area (Å²) in [6, 6.07) is 10.3. The molecule has 1 aromatic heterocycles. The first kappa shape index (κ1) is 15.0. The number of nitrogens with one attached hydrogen (secondary N) is 1. The molecule has 0 bridgehead atoms. The molecule has 0 radical (unpaired) electrons. The zero-order valence-electron chi connectivity index (χ0n) is 12.1. The molecule has 0 aliphatic heterocycles. The minimum Gasteiger partial charge on any atom is -0.375 e. The first-order chi connectivity index (χ1) is 10.3. The third-order valence-corrected chi connectivity index (χ3v) is 3.14. The molecule has 0 spiro atoms. The fraction of sp³-hybridized carbons (Fsp3) is 0.429. The maximum Gasteiger partial charge on any atom is 0.241 e. The van der Waals surface area contributed by atoms with Gasteiger partial charge in [-0.15, -0.1) is 5.10 Å². The van der Waals surface area contributed by atoms with E-state index in [1.54, 1.807) is 0 Å². The Bertz CT molecular complexity index is 528. The lowest BCUT2D eigenvalue weighted by Gasteiger charge is -2.19. The van der Waals surface area contributed by atoms with Gasteiger partial charge in [-0.2, -0.15) is 0 Å². The maximum atomic E-state index is 11.6. The Kier molecular flexibility index (Phi) is 5.69. The number of aromatic nitrogens is 4. The van der Waals surface area contributed by atoms with E-state index in [4.69, 9.17) is 0 Å². The second kappa shape index (κ2) is 7.98. The van der Waals surface area contributed by atoms with Crippen LogP contribution in [0.15, 0.2) is 36.7 Å². The summed E-state index contributed by atoms with van der Waals surface area (Å²) in [6.07, 6.45) is 3.39. The largest absolute Gasteiger partial charge is 0.375 e. The Morgan fingerprint density at radius 3 is 2.81 bits per heavy atom. The van der Waals surface area contributed by atoms with Gasteiger partial charge in [0.1, 0.15) is 12.9 Å². The lowest BCUT2D eigenvalue weighted by atomic mass is 10.2. The molecule has 0 aliphatic rings. The fourth-order valence-corrected chi connectivity index (χ4v) is 1.97. The minimum absolute atomic E-state index is 0.0706. The molecule has 1 heterocycles. The van der Waals surface area contributed by atoms with E-state index in [1.165, 1.54) is 16.7 Å². The van der Waals surface area contributed by atoms with E-state index in [2.05, 4.69) is 44.9 Å². The van der Waals surface area contributed by atoms with Crippen LogP contribution in [0, 0.1) is 0 Å². The second-order valence-electron chi connectivity index (χ2n) is 4.82. The SMILES string of the molecule is CN(CCCCNC(=O)Cn1cnnn1)c1ccccc1. The van der Waals surface area contributed by atoms with E-state index in [9.17, 15) is 4.79 Å². The number of hydrogen-bond acceptors (Lipinski definition) is 5. The first-order valence-corrected chi connectivity index (χ1v) is 6.99. The van der Waals surface area contributed by atoms with Gasteiger partial charge < -0.3 is 10.2 Å². The number of amides is 1. The van der Waals surface area contributed by atoms with Crippen molar-refractivity contribution in [3.63, 3.8) is 0 Å². The Labute approximate surface area is 123 Å². The predicted molar refractivity (Wildman–Crippen MR) is 79.8 cm³/mol. The average molecular weight is 288 g/mol. The second-order valence-corrected chi connectivity index (χ2v) is 4.82. The van der Waals surface area contributed by atoms with Crippen molar-refractivity contribution in [2.45, 2.75) is 19.4 Å². The average Bonchev–Trinajstić information content (AvgIpc) is 3.00. The number of para-hydroxylation sites is 1. The Morgan fingerprint density at radius 1 is 1.29 bits per heavy atom. The lowest BCUT2D eigenvalue weighted by molar-refractivity contribution is -0.121. The summed E-state index contributed by atoms with van der Waals surface area (Å²) in [6.45, 7) is 1.80. The Morgan fingerprint density at radius 2 is 2.10 bits per heavy atom. The van der Waals surface area contributed by atoms with E-state index in [-0.39, 0.29) is 12.5 Å². The number of anilines is 1. The van der Waals surface area contributed by atoms with Gasteiger partial charge in [0.15, 0.2) is 0 Å². The number of carbonyl (C=O) groups is 1. The van der Waals surface area contributed by atoms with Crippen LogP contribution >= 0.6 is 0 Å². The van der Waals surface area contributed by atoms with Crippen LogP contribution in [0.5, 0.6) is 0 Å². The monoisotopic (exact) mass is 288 g/mol. The molecule has 0 saturated carbocycles. The van der Waals surface area contributed by atoms with Crippen LogP contribution in [0.2, 0.25) is 0 Å². The summed E-state index contributed by atoms with van der Waals surface area (Å²) in [7, 11) is 2.08. The molecule has 0 unspecified atom stereocenters. The van der Waals surface area contributed by atoms with Crippen LogP contribution in [0.1, 0.15) is 12.8 Å². The van der Waals surface area contributed by atoms with Crippen molar-refractivity contribution in [1.82, 2.24) is 25.5 Å². The maximum absolute atomic E-state index is 11.6. The number of nitrogens with zero attached hydrogens (tertiary/aromatic N) is 5. The number of unbranched alkanes of at least 4 members (excludes halogenated alkanes) is 1. The highest BCUT2D eigenvalue weighted by atomic mass is 16.2. The van der Waals surface area contributed by atoms with Crippen molar-refractivity contribution in [3.8, 4) is 0 Å². The van der Waals surface area contributed by atoms with Crippen molar-refractivity contribution in [1.29, 1.82) is 0 Å². The highest BCUT2D eigenvalue weighted by Gasteiger charge is 2.03. The summed E-state index contributed by atoms with van der Waals surface area (Å²) >= 11 is 0. The standard InChI is InChI=1S/C14H20N6O/c1-19(13-7-3-2-4-8-13)10-6-5-9-15-14(21)11-20-12-16-17-18-20/h2-4,7-8,12H,5-6,9-11H2,1H3,(H,15,21). The molecular formula is C14H20N6O. The van der Waals surface area contributed by atoms with Crippen LogP contribution in [0.4, 0.5) is 5.69 Å². The molecule has 2 aromatic rings. The van der Waals surface area contributed by atoms with Gasteiger partial charge in [0.2, 0.25) is 5.91 Å². The van der Waals surface area contributed by atoms with Gasteiger partial charge in [0.25, 0.3) is 0 Å². The first-order valence-electron chi connectivity index (χ1n) is 6.99. The molecular weight excluding hydrogens is 268 g/mol. The van der Waals surface area contributed by atoms with Crippen molar-refractivity contribution < 1.29 is 4.79 Å². The third-order valence-electron chi connectivity index (χ3n) is 3.14. The van der Waals surface area contributed by atoms with Gasteiger partial charge in [0.05, 0.1) is 0 Å². The normalized spacial score (nSPS) is 10.3. The molecule has 0 atom stereocenters. The van der Waals surface area contributed by atoms with E-state index in [1.807, 2.05) is 18.2 Å². The summed E-state index contributed by atoms with van der Waals surface area (Å²) in [4.78, 5) is 13.8. The van der Waals surface area contributed by atoms with Gasteiger partial charge in [-0.1, -0.05) is 18.2 Å². The number of carbonyl (C=O) groups excluding carboxylic acids is 1. The Balaban J connectivity index is 1.56. The van der Waals surface area contributed by atoms with Crippen LogP contribution in [0.25, 0.3) is 0 Å². The smallest absolute Gasteiger partial charge is 0.241 e. The van der Waals surface area contributed by atoms with Crippen molar-refractivity contribution in [2.75, 3.05) is 25.0 Å². The topological polar surface area (TPSA) is 75.9 Å². The highest BCUT2D eigenvalue weighted by molar-refractivity contribution is 5.75. The van der Waals surface area contributed by atoms with Crippen LogP contribution < -0.4 is 10.2 Å². The molecule has 1 N–H and O–H groups in total. The zero-order chi connectivity index (χ0) is 14.9. The van der Waals surface area contributed by atoms with Gasteiger partial charge in [0, 0.05) is 25.8 Å². The molecule has 21 heavy (non-hydrogen) atoms. The van der Waals surface area contributed by atoms with Gasteiger partial charge in [-0.05, 0) is 35.4 Å². The fourth-order valence-electron chi connectivity index (χ4n) is 1.97. The predicted octanol–water partition coefficient (Wildman–Crippen LogP) is 0.706. The summed E-state index contributed by atoms with van der Waals surface area (Å²) in [5.41, 5.74) is 1.21. The Hall–Kier alpha value is -2.44. The van der Waals surface area contributed by atoms with E-state index in [0.29, 0.717) is 6.54 Å². The molecule has 2 rings (SSSR count). The molecule has 0 aliphatic carbocycles. The molecule has 7 nitrogen and oxygen atoms in total. The number of tetrazole rings is 1. The van der Waals surface area contributed by atoms with E-state index >= 15 is 0 Å². The van der Waals surface area contributed by atoms with Crippen LogP contribution in [0.3, 0.4) is 0 Å². The minimum atomic E-state index is -0.0706. The van der Waals surface area contributed by atoms with Crippen LogP contribution in [-0.4, -0.2) is 46.3 Å². The molecule has 1 amide bonds. The van der Waals surface area contributed by atoms with Crippen molar-refractivity contribution in [2.24, 2.45) is 0 Å². The van der Waals surface area contributed by atoms with Gasteiger partial charge in [-0.3, -0.25) is 4.79 Å². The highest BCUT2D eigenvalue weighted by Crippen LogP contribution is 2.11. The summed E-state index contributed by atoms with van der Waals surface area (Å²) in [5.74, 6) is -0.0706. The van der Waals surface area contributed by atoms with Crippen LogP contribution in [-0.2, 0) is 11.3 Å². The summed E-state index contributed by atoms with van der Waals surface area (Å²) in [5, 5.41) is 13.5. The van der Waals surface area contributed by atoms with Crippen molar-refractivity contribution in [3.05, 3.63) is 36.7 Å². The van der Waals surface area contributed by atoms with Gasteiger partial charge >= 0.3 is 0 Å². The number of rotatable bonds is 8. The molecule has 0 fully saturated rings.